The monoisotopic (exact) mass is 460 g/mol. The molecule has 4 rings (SSSR count). The molecule has 0 radical (unpaired) electrons. The standard InChI is InChI=1S/C21H24N4O2S3/c1-4-11-25-19-10-9-16(30(26,27)24(2)3)12-18(19)22-20(25)14-29-21-23-17-8-6-5-7-15(17)13-28-21/h5-10,12H,4,11,13-14H2,1-3H3. The smallest absolute Gasteiger partial charge is 0.242 e. The summed E-state index contributed by atoms with van der Waals surface area (Å²) in [5.74, 6) is 2.57. The number of aliphatic imine (C=N–C) groups is 1. The third kappa shape index (κ3) is 4.16. The summed E-state index contributed by atoms with van der Waals surface area (Å²) in [4.78, 5) is 9.83. The van der Waals surface area contributed by atoms with Gasteiger partial charge in [-0.3, -0.25) is 0 Å². The molecule has 3 aromatic rings. The number of aryl methyl sites for hydroxylation is 1. The molecule has 1 aliphatic heterocycles. The molecule has 1 aromatic heterocycles. The molecule has 0 aliphatic carbocycles. The van der Waals surface area contributed by atoms with Gasteiger partial charge in [-0.05, 0) is 36.2 Å². The van der Waals surface area contributed by atoms with Crippen LogP contribution in [0.1, 0.15) is 24.7 Å². The van der Waals surface area contributed by atoms with Gasteiger partial charge in [0.2, 0.25) is 10.0 Å². The van der Waals surface area contributed by atoms with Gasteiger partial charge in [0.1, 0.15) is 10.2 Å². The van der Waals surface area contributed by atoms with E-state index in [1.165, 1.54) is 24.0 Å². The Hall–Kier alpha value is -1.81. The van der Waals surface area contributed by atoms with Crippen LogP contribution in [-0.2, 0) is 28.1 Å². The summed E-state index contributed by atoms with van der Waals surface area (Å²) in [6.07, 6.45) is 0.976. The molecule has 0 bridgehead atoms. The third-order valence-corrected chi connectivity index (χ3v) is 8.96. The van der Waals surface area contributed by atoms with E-state index in [-0.39, 0.29) is 4.90 Å². The summed E-state index contributed by atoms with van der Waals surface area (Å²) < 4.78 is 29.4. The second-order valence-electron chi connectivity index (χ2n) is 7.20. The zero-order valence-electron chi connectivity index (χ0n) is 17.2. The van der Waals surface area contributed by atoms with E-state index in [1.807, 2.05) is 18.2 Å². The Morgan fingerprint density at radius 2 is 2.00 bits per heavy atom. The summed E-state index contributed by atoms with van der Waals surface area (Å²) in [5, 5.41) is 0. The van der Waals surface area contributed by atoms with E-state index in [9.17, 15) is 8.42 Å². The number of aromatic nitrogens is 2. The maximum absolute atomic E-state index is 12.5. The minimum Gasteiger partial charge on any atom is -0.327 e. The Morgan fingerprint density at radius 3 is 2.77 bits per heavy atom. The van der Waals surface area contributed by atoms with Crippen molar-refractivity contribution in [2.24, 2.45) is 4.99 Å². The Morgan fingerprint density at radius 1 is 1.20 bits per heavy atom. The van der Waals surface area contributed by atoms with Gasteiger partial charge in [-0.15, -0.1) is 0 Å². The minimum atomic E-state index is -3.49. The van der Waals surface area contributed by atoms with Crippen molar-refractivity contribution in [1.82, 2.24) is 13.9 Å². The summed E-state index contributed by atoms with van der Waals surface area (Å²) in [5.41, 5.74) is 3.98. The first kappa shape index (κ1) is 21.4. The number of hydrogen-bond acceptors (Lipinski definition) is 6. The molecule has 0 spiro atoms. The zero-order valence-corrected chi connectivity index (χ0v) is 19.6. The van der Waals surface area contributed by atoms with Crippen LogP contribution in [0.15, 0.2) is 52.4 Å². The molecule has 0 atom stereocenters. The fourth-order valence-electron chi connectivity index (χ4n) is 3.33. The van der Waals surface area contributed by atoms with E-state index in [0.29, 0.717) is 11.3 Å². The van der Waals surface area contributed by atoms with Crippen molar-refractivity contribution in [3.8, 4) is 0 Å². The normalized spacial score (nSPS) is 14.2. The second kappa shape index (κ2) is 8.74. The molecule has 2 aromatic carbocycles. The number of benzene rings is 2. The molecule has 2 heterocycles. The van der Waals surface area contributed by atoms with Gasteiger partial charge in [-0.1, -0.05) is 48.6 Å². The van der Waals surface area contributed by atoms with Crippen molar-refractivity contribution in [2.45, 2.75) is 36.3 Å². The molecular formula is C21H24N4O2S3. The lowest BCUT2D eigenvalue weighted by Crippen LogP contribution is -2.22. The number of hydrogen-bond donors (Lipinski definition) is 0. The number of fused-ring (bicyclic) bond motifs is 2. The zero-order chi connectivity index (χ0) is 21.3. The average molecular weight is 461 g/mol. The molecule has 0 saturated carbocycles. The summed E-state index contributed by atoms with van der Waals surface area (Å²) in [7, 11) is -0.406. The molecule has 0 N–H and O–H groups in total. The molecule has 9 heteroatoms. The third-order valence-electron chi connectivity index (χ3n) is 4.90. The highest BCUT2D eigenvalue weighted by molar-refractivity contribution is 8.38. The number of nitrogens with zero attached hydrogens (tertiary/aromatic N) is 4. The van der Waals surface area contributed by atoms with Crippen LogP contribution in [0, 0.1) is 0 Å². The van der Waals surface area contributed by atoms with Crippen LogP contribution in [0.4, 0.5) is 5.69 Å². The molecule has 0 fully saturated rings. The highest BCUT2D eigenvalue weighted by Crippen LogP contribution is 2.35. The van der Waals surface area contributed by atoms with E-state index in [2.05, 4.69) is 23.6 Å². The maximum atomic E-state index is 12.5. The van der Waals surface area contributed by atoms with Crippen LogP contribution in [0.25, 0.3) is 11.0 Å². The lowest BCUT2D eigenvalue weighted by atomic mass is 10.2. The van der Waals surface area contributed by atoms with Crippen molar-refractivity contribution in [1.29, 1.82) is 0 Å². The van der Waals surface area contributed by atoms with Gasteiger partial charge in [-0.25, -0.2) is 22.7 Å². The quantitative estimate of drug-likeness (QED) is 0.525. The van der Waals surface area contributed by atoms with E-state index >= 15 is 0 Å². The number of para-hydroxylation sites is 1. The molecular weight excluding hydrogens is 436 g/mol. The lowest BCUT2D eigenvalue weighted by molar-refractivity contribution is 0.521. The first-order chi connectivity index (χ1) is 14.4. The largest absolute Gasteiger partial charge is 0.327 e. The Labute approximate surface area is 185 Å². The lowest BCUT2D eigenvalue weighted by Gasteiger charge is -2.14. The first-order valence-corrected chi connectivity index (χ1v) is 13.1. The molecule has 158 valence electrons. The number of imidazole rings is 1. The minimum absolute atomic E-state index is 0.268. The fraction of sp³-hybridized carbons (Fsp3) is 0.333. The van der Waals surface area contributed by atoms with Gasteiger partial charge in [0, 0.05) is 26.4 Å². The Bertz CT molecular complexity index is 1220. The maximum Gasteiger partial charge on any atom is 0.242 e. The van der Waals surface area contributed by atoms with Crippen molar-refractivity contribution in [2.75, 3.05) is 14.1 Å². The van der Waals surface area contributed by atoms with E-state index in [0.717, 1.165) is 40.1 Å². The predicted octanol–water partition coefficient (Wildman–Crippen LogP) is 4.86. The van der Waals surface area contributed by atoms with Crippen LogP contribution in [0.2, 0.25) is 0 Å². The average Bonchev–Trinajstić information content (AvgIpc) is 3.09. The molecule has 0 amide bonds. The van der Waals surface area contributed by atoms with Crippen molar-refractivity contribution < 1.29 is 8.42 Å². The van der Waals surface area contributed by atoms with Gasteiger partial charge in [0.25, 0.3) is 0 Å². The number of sulfonamides is 1. The van der Waals surface area contributed by atoms with Crippen molar-refractivity contribution in [3.05, 3.63) is 53.9 Å². The second-order valence-corrected chi connectivity index (χ2v) is 11.5. The summed E-state index contributed by atoms with van der Waals surface area (Å²) in [6.45, 7) is 2.97. The van der Waals surface area contributed by atoms with E-state index in [1.54, 1.807) is 35.7 Å². The van der Waals surface area contributed by atoms with Gasteiger partial charge >= 0.3 is 0 Å². The predicted molar refractivity (Wildman–Crippen MR) is 127 cm³/mol. The Balaban J connectivity index is 1.63. The van der Waals surface area contributed by atoms with E-state index < -0.39 is 10.0 Å². The molecule has 0 unspecified atom stereocenters. The van der Waals surface area contributed by atoms with Crippen LogP contribution < -0.4 is 0 Å². The molecule has 30 heavy (non-hydrogen) atoms. The van der Waals surface area contributed by atoms with Crippen LogP contribution in [0.3, 0.4) is 0 Å². The van der Waals surface area contributed by atoms with Crippen molar-refractivity contribution >= 4 is 54.6 Å². The van der Waals surface area contributed by atoms with Gasteiger partial charge in [0.15, 0.2) is 0 Å². The molecule has 1 aliphatic rings. The van der Waals surface area contributed by atoms with Gasteiger partial charge in [0.05, 0.1) is 27.4 Å². The SMILES string of the molecule is CCCn1c(CSC2=Nc3ccccc3CS2)nc2cc(S(=O)(=O)N(C)C)ccc21. The first-order valence-electron chi connectivity index (χ1n) is 9.74. The van der Waals surface area contributed by atoms with Crippen molar-refractivity contribution in [3.63, 3.8) is 0 Å². The number of thioether (sulfide) groups is 2. The molecule has 6 nitrogen and oxygen atoms in total. The highest BCUT2D eigenvalue weighted by atomic mass is 32.2. The van der Waals surface area contributed by atoms with Crippen LogP contribution in [0.5, 0.6) is 0 Å². The fourth-order valence-corrected chi connectivity index (χ4v) is 6.26. The topological polar surface area (TPSA) is 67.6 Å². The summed E-state index contributed by atoms with van der Waals surface area (Å²) >= 11 is 3.44. The number of rotatable bonds is 6. The van der Waals surface area contributed by atoms with E-state index in [4.69, 9.17) is 9.98 Å². The van der Waals surface area contributed by atoms with Gasteiger partial charge < -0.3 is 4.57 Å². The van der Waals surface area contributed by atoms with Crippen LogP contribution in [-0.4, -0.2) is 40.7 Å². The highest BCUT2D eigenvalue weighted by Gasteiger charge is 2.20. The Kier molecular flexibility index (Phi) is 6.24. The van der Waals surface area contributed by atoms with Gasteiger partial charge in [-0.2, -0.15) is 0 Å². The molecule has 0 saturated heterocycles. The summed E-state index contributed by atoms with van der Waals surface area (Å²) in [6, 6.07) is 13.4. The van der Waals surface area contributed by atoms with Crippen LogP contribution >= 0.6 is 23.5 Å².